The van der Waals surface area contributed by atoms with Gasteiger partial charge in [-0.05, 0) is 35.4 Å². The van der Waals surface area contributed by atoms with E-state index in [0.717, 1.165) is 40.7 Å². The van der Waals surface area contributed by atoms with E-state index in [1.807, 2.05) is 0 Å². The Morgan fingerprint density at radius 2 is 1.60 bits per heavy atom. The van der Waals surface area contributed by atoms with Crippen molar-refractivity contribution in [2.45, 2.75) is 17.6 Å². The van der Waals surface area contributed by atoms with Gasteiger partial charge in [-0.25, -0.2) is 17.7 Å². The number of pyridine rings is 1. The molecule has 0 fully saturated rings. The number of benzene rings is 2. The van der Waals surface area contributed by atoms with Gasteiger partial charge in [-0.3, -0.25) is 0 Å². The fraction of sp³-hybridized carbons (Fsp3) is 0.100. The van der Waals surface area contributed by atoms with Gasteiger partial charge in [0.25, 0.3) is 10.0 Å². The molecule has 0 spiro atoms. The number of carboxylic acids is 1. The highest BCUT2D eigenvalue weighted by Crippen LogP contribution is 2.31. The fourth-order valence-corrected chi connectivity index (χ4v) is 4.04. The van der Waals surface area contributed by atoms with Crippen LogP contribution in [0.3, 0.4) is 0 Å². The largest absolute Gasteiger partial charge is 0.545 e. The van der Waals surface area contributed by atoms with Gasteiger partial charge in [0.1, 0.15) is 5.82 Å². The molecule has 2 aromatic carbocycles. The molecular formula is C20H14F3N2O4S-. The zero-order chi connectivity index (χ0) is 21.9. The number of aromatic nitrogens is 1. The number of anilines is 1. The molecule has 6 nitrogen and oxygen atoms in total. The molecule has 0 bridgehead atoms. The van der Waals surface area contributed by atoms with Crippen LogP contribution in [-0.4, -0.2) is 19.4 Å². The molecule has 0 radical (unpaired) electrons. The summed E-state index contributed by atoms with van der Waals surface area (Å²) in [5.74, 6) is -1.68. The predicted molar refractivity (Wildman–Crippen MR) is 99.8 cm³/mol. The maximum atomic E-state index is 13.2. The lowest BCUT2D eigenvalue weighted by molar-refractivity contribution is -0.255. The molecule has 0 amide bonds. The Morgan fingerprint density at radius 1 is 0.967 bits per heavy atom. The first-order chi connectivity index (χ1) is 14.1. The number of carbonyl (C=O) groups is 1. The SMILES string of the molecule is O=C([O-])c1ccc(S(=O)(=O)N(Cc2ccccc2)c2ccc(C(F)(F)F)cn2)cc1. The summed E-state index contributed by atoms with van der Waals surface area (Å²) in [6.07, 6.45) is -4.06. The van der Waals surface area contributed by atoms with Crippen molar-refractivity contribution in [3.8, 4) is 0 Å². The number of nitrogens with zero attached hydrogens (tertiary/aromatic N) is 2. The Kier molecular flexibility index (Phi) is 5.79. The van der Waals surface area contributed by atoms with E-state index in [1.165, 1.54) is 0 Å². The van der Waals surface area contributed by atoms with Crippen LogP contribution in [0.4, 0.5) is 19.0 Å². The van der Waals surface area contributed by atoms with Crippen LogP contribution in [-0.2, 0) is 22.7 Å². The van der Waals surface area contributed by atoms with E-state index in [4.69, 9.17) is 0 Å². The van der Waals surface area contributed by atoms with Crippen LogP contribution in [0.1, 0.15) is 21.5 Å². The minimum atomic E-state index is -4.62. The average molecular weight is 435 g/mol. The number of rotatable bonds is 6. The molecule has 1 heterocycles. The van der Waals surface area contributed by atoms with Crippen LogP contribution >= 0.6 is 0 Å². The molecule has 0 aliphatic rings. The number of carboxylic acid groups (broad SMARTS) is 1. The Morgan fingerprint density at radius 3 is 2.10 bits per heavy atom. The molecule has 0 N–H and O–H groups in total. The third-order valence-corrected chi connectivity index (χ3v) is 5.94. The molecule has 0 atom stereocenters. The number of aromatic carboxylic acids is 1. The Hall–Kier alpha value is -3.40. The van der Waals surface area contributed by atoms with E-state index >= 15 is 0 Å². The van der Waals surface area contributed by atoms with E-state index in [2.05, 4.69) is 4.98 Å². The summed E-state index contributed by atoms with van der Waals surface area (Å²) in [5, 5.41) is 10.9. The molecule has 156 valence electrons. The molecule has 1 aromatic heterocycles. The van der Waals surface area contributed by atoms with E-state index < -0.39 is 27.7 Å². The zero-order valence-electron chi connectivity index (χ0n) is 15.2. The third kappa shape index (κ3) is 4.60. The number of hydrogen-bond donors (Lipinski definition) is 0. The van der Waals surface area contributed by atoms with Crippen LogP contribution in [0.2, 0.25) is 0 Å². The number of carbonyl (C=O) groups excluding carboxylic acids is 1. The molecule has 10 heteroatoms. The highest BCUT2D eigenvalue weighted by molar-refractivity contribution is 7.92. The Balaban J connectivity index is 2.05. The van der Waals surface area contributed by atoms with Gasteiger partial charge in [0, 0.05) is 6.20 Å². The lowest BCUT2D eigenvalue weighted by atomic mass is 10.2. The Labute approximate surface area is 170 Å². The molecule has 0 saturated heterocycles. The van der Waals surface area contributed by atoms with Crippen LogP contribution in [0.25, 0.3) is 0 Å². The molecule has 0 unspecified atom stereocenters. The molecule has 0 aliphatic heterocycles. The summed E-state index contributed by atoms with van der Waals surface area (Å²) in [5.41, 5.74) is -0.646. The Bertz CT molecular complexity index is 1130. The first-order valence-electron chi connectivity index (χ1n) is 8.50. The van der Waals surface area contributed by atoms with Crippen molar-refractivity contribution in [1.82, 2.24) is 4.98 Å². The van der Waals surface area contributed by atoms with Crippen molar-refractivity contribution >= 4 is 21.8 Å². The summed E-state index contributed by atoms with van der Waals surface area (Å²) in [4.78, 5) is 14.4. The van der Waals surface area contributed by atoms with Crippen molar-refractivity contribution in [3.63, 3.8) is 0 Å². The normalized spacial score (nSPS) is 11.8. The van der Waals surface area contributed by atoms with E-state index in [1.54, 1.807) is 30.3 Å². The van der Waals surface area contributed by atoms with Crippen LogP contribution in [0, 0.1) is 0 Å². The average Bonchev–Trinajstić information content (AvgIpc) is 2.72. The maximum absolute atomic E-state index is 13.2. The van der Waals surface area contributed by atoms with Gasteiger partial charge < -0.3 is 9.90 Å². The van der Waals surface area contributed by atoms with Crippen LogP contribution < -0.4 is 9.41 Å². The summed E-state index contributed by atoms with van der Waals surface area (Å²) < 4.78 is 65.8. The van der Waals surface area contributed by atoms with Crippen molar-refractivity contribution in [2.75, 3.05) is 4.31 Å². The van der Waals surface area contributed by atoms with E-state index in [-0.39, 0.29) is 22.8 Å². The van der Waals surface area contributed by atoms with Crippen molar-refractivity contribution in [1.29, 1.82) is 0 Å². The van der Waals surface area contributed by atoms with Crippen molar-refractivity contribution in [2.24, 2.45) is 0 Å². The van der Waals surface area contributed by atoms with Gasteiger partial charge in [-0.2, -0.15) is 13.2 Å². The minimum absolute atomic E-state index is 0.191. The second kappa shape index (κ2) is 8.15. The van der Waals surface area contributed by atoms with Gasteiger partial charge in [0.15, 0.2) is 0 Å². The lowest BCUT2D eigenvalue weighted by Gasteiger charge is -2.24. The monoisotopic (exact) mass is 435 g/mol. The van der Waals surface area contributed by atoms with Gasteiger partial charge in [0.2, 0.25) is 0 Å². The van der Waals surface area contributed by atoms with Gasteiger partial charge in [-0.1, -0.05) is 42.5 Å². The van der Waals surface area contributed by atoms with E-state index in [9.17, 15) is 31.5 Å². The first-order valence-corrected chi connectivity index (χ1v) is 9.94. The molecule has 30 heavy (non-hydrogen) atoms. The number of hydrogen-bond acceptors (Lipinski definition) is 5. The van der Waals surface area contributed by atoms with E-state index in [0.29, 0.717) is 11.8 Å². The number of sulfonamides is 1. The molecule has 3 aromatic rings. The third-order valence-electron chi connectivity index (χ3n) is 4.18. The smallest absolute Gasteiger partial charge is 0.417 e. The quantitative estimate of drug-likeness (QED) is 0.594. The first kappa shape index (κ1) is 21.3. The van der Waals surface area contributed by atoms with Crippen molar-refractivity contribution < 1.29 is 31.5 Å². The maximum Gasteiger partial charge on any atom is 0.417 e. The summed E-state index contributed by atoms with van der Waals surface area (Å²) >= 11 is 0. The second-order valence-electron chi connectivity index (χ2n) is 6.21. The number of halogens is 3. The van der Waals surface area contributed by atoms with Gasteiger partial charge >= 0.3 is 6.18 Å². The van der Waals surface area contributed by atoms with Crippen LogP contribution in [0.5, 0.6) is 0 Å². The zero-order valence-corrected chi connectivity index (χ0v) is 16.0. The van der Waals surface area contributed by atoms with Gasteiger partial charge in [-0.15, -0.1) is 0 Å². The fourth-order valence-electron chi connectivity index (χ4n) is 2.63. The highest BCUT2D eigenvalue weighted by atomic mass is 32.2. The summed E-state index contributed by atoms with van der Waals surface area (Å²) in [7, 11) is -4.27. The highest BCUT2D eigenvalue weighted by Gasteiger charge is 2.32. The second-order valence-corrected chi connectivity index (χ2v) is 8.07. The summed E-state index contributed by atoms with van der Waals surface area (Å²) in [6.45, 7) is -0.191. The molecular weight excluding hydrogens is 421 g/mol. The standard InChI is InChI=1S/C20H15F3N2O4S/c21-20(22,23)16-8-11-18(24-12-16)25(13-14-4-2-1-3-5-14)30(28,29)17-9-6-15(7-10-17)19(26)27/h1-12H,13H2,(H,26,27)/p-1. The van der Waals surface area contributed by atoms with Crippen molar-refractivity contribution in [3.05, 3.63) is 89.6 Å². The topological polar surface area (TPSA) is 90.4 Å². The minimum Gasteiger partial charge on any atom is -0.545 e. The summed E-state index contributed by atoms with van der Waals surface area (Å²) in [6, 6.07) is 14.5. The van der Waals surface area contributed by atoms with Gasteiger partial charge in [0.05, 0.1) is 23.0 Å². The van der Waals surface area contributed by atoms with Crippen LogP contribution in [0.15, 0.2) is 77.8 Å². The number of alkyl halides is 3. The molecule has 3 rings (SSSR count). The molecule has 0 aliphatic carbocycles. The molecule has 0 saturated carbocycles. The lowest BCUT2D eigenvalue weighted by Crippen LogP contribution is -2.31. The predicted octanol–water partition coefficient (Wildman–Crippen LogP) is 2.86.